The summed E-state index contributed by atoms with van der Waals surface area (Å²) in [5, 5.41) is 0. The first-order valence-corrected chi connectivity index (χ1v) is 8.00. The summed E-state index contributed by atoms with van der Waals surface area (Å²) >= 11 is 0. The van der Waals surface area contributed by atoms with E-state index in [2.05, 4.69) is 12.1 Å². The number of hydrogen-bond donors (Lipinski definition) is 1. The number of ether oxygens (including phenoxy) is 1. The highest BCUT2D eigenvalue weighted by atomic mass is 16.6. The smallest absolute Gasteiger partial charge is 0.410 e. The van der Waals surface area contributed by atoms with Gasteiger partial charge in [0.2, 0.25) is 0 Å². The lowest BCUT2D eigenvalue weighted by molar-refractivity contribution is 0.0831. The molecule has 0 aromatic heterocycles. The Morgan fingerprint density at radius 1 is 1.09 bits per heavy atom. The minimum absolute atomic E-state index is 0.0598. The van der Waals surface area contributed by atoms with E-state index in [1.807, 2.05) is 48.5 Å². The fourth-order valence-corrected chi connectivity index (χ4v) is 3.07. The number of carbonyl (C=O) groups excluding carboxylic acids is 1. The van der Waals surface area contributed by atoms with Crippen LogP contribution in [-0.4, -0.2) is 30.1 Å². The maximum absolute atomic E-state index is 12.2. The van der Waals surface area contributed by atoms with Crippen molar-refractivity contribution in [3.63, 3.8) is 0 Å². The van der Waals surface area contributed by atoms with Gasteiger partial charge in [0.1, 0.15) is 6.61 Å². The van der Waals surface area contributed by atoms with Crippen molar-refractivity contribution in [2.75, 3.05) is 13.1 Å². The van der Waals surface area contributed by atoms with Crippen LogP contribution < -0.4 is 5.73 Å². The Bertz CT molecular complexity index is 630. The number of benzene rings is 2. The zero-order valence-electron chi connectivity index (χ0n) is 13.1. The molecule has 2 aromatic carbocycles. The maximum atomic E-state index is 12.2. The minimum Gasteiger partial charge on any atom is -0.445 e. The van der Waals surface area contributed by atoms with E-state index >= 15 is 0 Å². The third-order valence-electron chi connectivity index (χ3n) is 4.35. The number of likely N-dealkylation sites (tertiary alicyclic amines) is 1. The van der Waals surface area contributed by atoms with E-state index < -0.39 is 0 Å². The van der Waals surface area contributed by atoms with Crippen molar-refractivity contribution in [1.82, 2.24) is 4.90 Å². The SMILES string of the molecule is NC1CN(C(=O)OCc2ccccc2)CCC1c1ccccc1. The highest BCUT2D eigenvalue weighted by Crippen LogP contribution is 2.27. The molecule has 1 amide bonds. The van der Waals surface area contributed by atoms with E-state index in [0.717, 1.165) is 12.0 Å². The Labute approximate surface area is 136 Å². The molecule has 0 spiro atoms. The lowest BCUT2D eigenvalue weighted by atomic mass is 9.86. The molecule has 0 radical (unpaired) electrons. The van der Waals surface area contributed by atoms with Crippen molar-refractivity contribution >= 4 is 6.09 Å². The van der Waals surface area contributed by atoms with Gasteiger partial charge in [-0.15, -0.1) is 0 Å². The van der Waals surface area contributed by atoms with Gasteiger partial charge in [-0.2, -0.15) is 0 Å². The molecule has 1 aliphatic heterocycles. The lowest BCUT2D eigenvalue weighted by Crippen LogP contribution is -2.49. The summed E-state index contributed by atoms with van der Waals surface area (Å²) in [6.45, 7) is 1.52. The Kier molecular flexibility index (Phi) is 4.93. The van der Waals surface area contributed by atoms with Gasteiger partial charge in [0, 0.05) is 25.0 Å². The van der Waals surface area contributed by atoms with Crippen LogP contribution in [0, 0.1) is 0 Å². The molecule has 23 heavy (non-hydrogen) atoms. The first kappa shape index (κ1) is 15.6. The van der Waals surface area contributed by atoms with E-state index in [0.29, 0.717) is 25.6 Å². The predicted octanol–water partition coefficient (Wildman–Crippen LogP) is 3.14. The topological polar surface area (TPSA) is 55.6 Å². The molecule has 2 atom stereocenters. The molecular weight excluding hydrogens is 288 g/mol. The third-order valence-corrected chi connectivity index (χ3v) is 4.35. The largest absolute Gasteiger partial charge is 0.445 e. The van der Waals surface area contributed by atoms with Crippen LogP contribution in [0.25, 0.3) is 0 Å². The Morgan fingerprint density at radius 3 is 2.39 bits per heavy atom. The number of nitrogens with two attached hydrogens (primary N) is 1. The predicted molar refractivity (Wildman–Crippen MR) is 90.0 cm³/mol. The summed E-state index contributed by atoms with van der Waals surface area (Å²) in [6.07, 6.45) is 0.585. The van der Waals surface area contributed by atoms with Gasteiger partial charge in [-0.25, -0.2) is 4.79 Å². The second-order valence-corrected chi connectivity index (χ2v) is 5.96. The molecule has 1 heterocycles. The number of nitrogens with zero attached hydrogens (tertiary/aromatic N) is 1. The fourth-order valence-electron chi connectivity index (χ4n) is 3.07. The average Bonchev–Trinajstić information content (AvgIpc) is 2.61. The van der Waals surface area contributed by atoms with E-state index in [9.17, 15) is 4.79 Å². The molecule has 1 saturated heterocycles. The Hall–Kier alpha value is -2.33. The molecule has 2 N–H and O–H groups in total. The van der Waals surface area contributed by atoms with Crippen LogP contribution in [0.5, 0.6) is 0 Å². The van der Waals surface area contributed by atoms with Gasteiger partial charge in [-0.1, -0.05) is 60.7 Å². The second-order valence-electron chi connectivity index (χ2n) is 5.96. The molecule has 2 aromatic rings. The Balaban J connectivity index is 1.54. The van der Waals surface area contributed by atoms with Gasteiger partial charge >= 0.3 is 6.09 Å². The van der Waals surface area contributed by atoms with Crippen LogP contribution in [0.3, 0.4) is 0 Å². The van der Waals surface area contributed by atoms with Crippen molar-refractivity contribution in [2.24, 2.45) is 5.73 Å². The van der Waals surface area contributed by atoms with Gasteiger partial charge in [-0.05, 0) is 17.5 Å². The average molecular weight is 310 g/mol. The fraction of sp³-hybridized carbons (Fsp3) is 0.316. The molecule has 4 heteroatoms. The zero-order chi connectivity index (χ0) is 16.1. The van der Waals surface area contributed by atoms with E-state index in [4.69, 9.17) is 10.5 Å². The summed E-state index contributed by atoms with van der Waals surface area (Å²) in [4.78, 5) is 13.9. The van der Waals surface area contributed by atoms with Crippen molar-refractivity contribution in [2.45, 2.75) is 25.0 Å². The van der Waals surface area contributed by atoms with E-state index in [-0.39, 0.29) is 12.1 Å². The van der Waals surface area contributed by atoms with Gasteiger partial charge in [0.15, 0.2) is 0 Å². The molecule has 1 fully saturated rings. The summed E-state index contributed by atoms with van der Waals surface area (Å²) in [7, 11) is 0. The van der Waals surface area contributed by atoms with Gasteiger partial charge in [0.25, 0.3) is 0 Å². The van der Waals surface area contributed by atoms with Gasteiger partial charge in [-0.3, -0.25) is 0 Å². The van der Waals surface area contributed by atoms with Crippen LogP contribution in [0.1, 0.15) is 23.5 Å². The molecule has 4 nitrogen and oxygen atoms in total. The van der Waals surface area contributed by atoms with Crippen molar-refractivity contribution in [3.8, 4) is 0 Å². The van der Waals surface area contributed by atoms with E-state index in [1.165, 1.54) is 5.56 Å². The van der Waals surface area contributed by atoms with Crippen LogP contribution in [0.2, 0.25) is 0 Å². The van der Waals surface area contributed by atoms with Crippen molar-refractivity contribution in [3.05, 3.63) is 71.8 Å². The maximum Gasteiger partial charge on any atom is 0.410 e. The summed E-state index contributed by atoms with van der Waals surface area (Å²) < 4.78 is 5.39. The number of hydrogen-bond acceptors (Lipinski definition) is 3. The second kappa shape index (κ2) is 7.29. The molecule has 120 valence electrons. The van der Waals surface area contributed by atoms with Crippen LogP contribution in [0.4, 0.5) is 4.79 Å². The Morgan fingerprint density at radius 2 is 1.74 bits per heavy atom. The highest BCUT2D eigenvalue weighted by molar-refractivity contribution is 5.68. The molecule has 1 aliphatic rings. The van der Waals surface area contributed by atoms with Crippen molar-refractivity contribution in [1.29, 1.82) is 0 Å². The number of rotatable bonds is 3. The first-order chi connectivity index (χ1) is 11.2. The zero-order valence-corrected chi connectivity index (χ0v) is 13.1. The van der Waals surface area contributed by atoms with Crippen molar-refractivity contribution < 1.29 is 9.53 Å². The summed E-state index contributed by atoms with van der Waals surface area (Å²) in [6, 6.07) is 19.9. The molecule has 2 unspecified atom stereocenters. The lowest BCUT2D eigenvalue weighted by Gasteiger charge is -2.36. The first-order valence-electron chi connectivity index (χ1n) is 8.00. The normalized spacial score (nSPS) is 21.0. The van der Waals surface area contributed by atoms with E-state index in [1.54, 1.807) is 4.90 Å². The molecular formula is C19H22N2O2. The van der Waals surface area contributed by atoms with Crippen LogP contribution in [-0.2, 0) is 11.3 Å². The van der Waals surface area contributed by atoms with Gasteiger partial charge < -0.3 is 15.4 Å². The molecule has 0 aliphatic carbocycles. The van der Waals surface area contributed by atoms with Crippen LogP contribution >= 0.6 is 0 Å². The molecule has 3 rings (SSSR count). The third kappa shape index (κ3) is 3.90. The molecule has 0 saturated carbocycles. The quantitative estimate of drug-likeness (QED) is 0.947. The van der Waals surface area contributed by atoms with Gasteiger partial charge in [0.05, 0.1) is 0 Å². The summed E-state index contributed by atoms with van der Waals surface area (Å²) in [5.41, 5.74) is 8.53. The number of carbonyl (C=O) groups is 1. The molecule has 0 bridgehead atoms. The monoisotopic (exact) mass is 310 g/mol. The van der Waals surface area contributed by atoms with Crippen LogP contribution in [0.15, 0.2) is 60.7 Å². The highest BCUT2D eigenvalue weighted by Gasteiger charge is 2.30. The minimum atomic E-state index is -0.282. The number of piperidine rings is 1. The standard InChI is InChI=1S/C19H22N2O2/c20-18-13-21(12-11-17(18)16-9-5-2-6-10-16)19(22)23-14-15-7-3-1-4-8-15/h1-10,17-18H,11-14,20H2. The summed E-state index contributed by atoms with van der Waals surface area (Å²) in [5.74, 6) is 0.300. The number of amides is 1.